The molecule has 6 aliphatic heterocycles. The Bertz CT molecular complexity index is 1100. The van der Waals surface area contributed by atoms with Crippen LogP contribution in [0.25, 0.3) is 0 Å². The van der Waals surface area contributed by atoms with Crippen LogP contribution in [0.15, 0.2) is 30.4 Å². The molecule has 2 bridgehead atoms. The van der Waals surface area contributed by atoms with Crippen molar-refractivity contribution < 1.29 is 14.3 Å². The second-order valence-corrected chi connectivity index (χ2v) is 10.8. The van der Waals surface area contributed by atoms with Crippen molar-refractivity contribution >= 4 is 17.5 Å². The average molecular weight is 509 g/mol. The zero-order valence-corrected chi connectivity index (χ0v) is 21.0. The zero-order valence-electron chi connectivity index (χ0n) is 21.0. The van der Waals surface area contributed by atoms with Crippen molar-refractivity contribution in [1.82, 2.24) is 36.2 Å². The van der Waals surface area contributed by atoms with Crippen molar-refractivity contribution in [2.45, 2.75) is 63.1 Å². The Morgan fingerprint density at radius 2 is 2.00 bits per heavy atom. The van der Waals surface area contributed by atoms with Gasteiger partial charge in [-0.1, -0.05) is 18.2 Å². The lowest BCUT2D eigenvalue weighted by Crippen LogP contribution is -2.72. The lowest BCUT2D eigenvalue weighted by molar-refractivity contribution is -0.175. The highest BCUT2D eigenvalue weighted by Crippen LogP contribution is 2.33. The van der Waals surface area contributed by atoms with Gasteiger partial charge in [-0.15, -0.1) is 0 Å². The van der Waals surface area contributed by atoms with Crippen LogP contribution >= 0.6 is 0 Å². The van der Waals surface area contributed by atoms with Crippen molar-refractivity contribution in [2.24, 2.45) is 5.92 Å². The molecule has 0 aromatic heterocycles. The number of hydrogen-bond donors (Lipinski definition) is 5. The molecule has 0 aliphatic carbocycles. The molecule has 6 aliphatic rings. The summed E-state index contributed by atoms with van der Waals surface area (Å²) < 4.78 is 5.90. The number of ether oxygens (including phenoxy) is 1. The van der Waals surface area contributed by atoms with Gasteiger partial charge in [0.25, 0.3) is 0 Å². The molecule has 2 amide bonds. The molecule has 6 heterocycles. The van der Waals surface area contributed by atoms with E-state index in [-0.39, 0.29) is 55.2 Å². The van der Waals surface area contributed by atoms with E-state index in [1.165, 1.54) is 11.1 Å². The molecule has 198 valence electrons. The molecule has 7 rings (SSSR count). The van der Waals surface area contributed by atoms with Crippen LogP contribution in [-0.4, -0.2) is 90.4 Å². The first-order valence-electron chi connectivity index (χ1n) is 13.7. The van der Waals surface area contributed by atoms with E-state index in [1.807, 2.05) is 9.91 Å². The van der Waals surface area contributed by atoms with E-state index in [2.05, 4.69) is 61.9 Å². The van der Waals surface area contributed by atoms with E-state index in [9.17, 15) is 9.59 Å². The first-order chi connectivity index (χ1) is 18.2. The summed E-state index contributed by atoms with van der Waals surface area (Å²) in [4.78, 5) is 28.2. The van der Waals surface area contributed by atoms with E-state index in [0.29, 0.717) is 19.6 Å². The largest absolute Gasteiger partial charge is 0.365 e. The number of fused-ring (bicyclic) bond motifs is 6. The first-order valence-corrected chi connectivity index (χ1v) is 13.7. The monoisotopic (exact) mass is 508 g/mol. The number of hydrazine groups is 1. The van der Waals surface area contributed by atoms with Crippen molar-refractivity contribution in [3.63, 3.8) is 0 Å². The van der Waals surface area contributed by atoms with Gasteiger partial charge in [-0.2, -0.15) is 5.01 Å². The fraction of sp³-hybridized carbons (Fsp3) is 0.615. The van der Waals surface area contributed by atoms with Gasteiger partial charge in [0.2, 0.25) is 11.8 Å². The highest BCUT2D eigenvalue weighted by molar-refractivity contribution is 5.82. The number of hydrogen-bond acceptors (Lipinski definition) is 9. The number of nitrogens with one attached hydrogen (secondary N) is 5. The highest BCUT2D eigenvalue weighted by Gasteiger charge is 2.53. The number of piperidine rings is 1. The van der Waals surface area contributed by atoms with Crippen LogP contribution in [0.4, 0.5) is 5.69 Å². The molecule has 5 N–H and O–H groups in total. The van der Waals surface area contributed by atoms with Crippen molar-refractivity contribution in [1.29, 1.82) is 0 Å². The maximum atomic E-state index is 13.6. The normalized spacial score (nSPS) is 36.8. The van der Waals surface area contributed by atoms with E-state index < -0.39 is 0 Å². The van der Waals surface area contributed by atoms with Crippen LogP contribution in [0, 0.1) is 5.92 Å². The van der Waals surface area contributed by atoms with E-state index in [1.54, 1.807) is 0 Å². The molecule has 11 nitrogen and oxygen atoms in total. The maximum Gasteiger partial charge on any atom is 0.249 e. The van der Waals surface area contributed by atoms with Gasteiger partial charge in [0, 0.05) is 25.3 Å². The van der Waals surface area contributed by atoms with Crippen LogP contribution in [0.2, 0.25) is 0 Å². The number of amides is 2. The lowest BCUT2D eigenvalue weighted by Gasteiger charge is -2.50. The zero-order chi connectivity index (χ0) is 24.9. The molecule has 4 saturated heterocycles. The van der Waals surface area contributed by atoms with Crippen LogP contribution in [-0.2, 0) is 27.3 Å². The number of carbonyl (C=O) groups is 2. The van der Waals surface area contributed by atoms with E-state index >= 15 is 0 Å². The molecule has 6 unspecified atom stereocenters. The molecule has 1 aromatic rings. The van der Waals surface area contributed by atoms with E-state index in [0.717, 1.165) is 44.5 Å². The van der Waals surface area contributed by atoms with Crippen molar-refractivity contribution in [3.05, 3.63) is 41.5 Å². The van der Waals surface area contributed by atoms with Gasteiger partial charge < -0.3 is 20.3 Å². The second-order valence-electron chi connectivity index (χ2n) is 10.8. The molecule has 1 aromatic carbocycles. The standard InChI is InChI=1S/C26H36N8O3/c35-22-15-37-20-6-7-21-30-24(20)32(22)10-2-1-3-11-33-25(36)19-14-28-26(31-23(19)34(21)33)29-18-5-4-17-13-27-9-8-16(17)12-18/h1,3-5,12,19-21,23-24,26-31H,2,6-11,13-15H2/b3-1+. The van der Waals surface area contributed by atoms with Gasteiger partial charge in [0.15, 0.2) is 0 Å². The average Bonchev–Trinajstić information content (AvgIpc) is 3.18. The van der Waals surface area contributed by atoms with Crippen LogP contribution in [0.3, 0.4) is 0 Å². The van der Waals surface area contributed by atoms with Gasteiger partial charge in [-0.25, -0.2) is 0 Å². The summed E-state index contributed by atoms with van der Waals surface area (Å²) in [6, 6.07) is 6.56. The first kappa shape index (κ1) is 23.6. The summed E-state index contributed by atoms with van der Waals surface area (Å²) in [5, 5.41) is 22.0. The summed E-state index contributed by atoms with van der Waals surface area (Å²) in [6.45, 7) is 3.85. The molecule has 0 saturated carbocycles. The minimum absolute atomic E-state index is 0.0177. The molecule has 37 heavy (non-hydrogen) atoms. The molecule has 0 spiro atoms. The molecule has 11 heteroatoms. The van der Waals surface area contributed by atoms with Gasteiger partial charge in [-0.3, -0.25) is 30.5 Å². The smallest absolute Gasteiger partial charge is 0.249 e. The summed E-state index contributed by atoms with van der Waals surface area (Å²) in [6.07, 6.45) is 7.02. The van der Waals surface area contributed by atoms with Gasteiger partial charge in [0.05, 0.1) is 30.9 Å². The predicted molar refractivity (Wildman–Crippen MR) is 136 cm³/mol. The molecule has 0 radical (unpaired) electrons. The topological polar surface area (TPSA) is 113 Å². The van der Waals surface area contributed by atoms with Crippen molar-refractivity contribution in [3.8, 4) is 0 Å². The third-order valence-electron chi connectivity index (χ3n) is 8.62. The highest BCUT2D eigenvalue weighted by atomic mass is 16.5. The Hall–Kier alpha value is -2.54. The second kappa shape index (κ2) is 9.64. The maximum absolute atomic E-state index is 13.6. The third kappa shape index (κ3) is 4.23. The Morgan fingerprint density at radius 3 is 2.95 bits per heavy atom. The fourth-order valence-corrected chi connectivity index (χ4v) is 6.74. The Labute approximate surface area is 216 Å². The predicted octanol–water partition coefficient (Wildman–Crippen LogP) is -0.555. The summed E-state index contributed by atoms with van der Waals surface area (Å²) in [5.74, 6) is -0.0337. The van der Waals surface area contributed by atoms with Crippen LogP contribution in [0.1, 0.15) is 30.4 Å². The molecule has 6 atom stereocenters. The fourth-order valence-electron chi connectivity index (χ4n) is 6.74. The number of morpholine rings is 1. The Morgan fingerprint density at radius 1 is 1.05 bits per heavy atom. The van der Waals surface area contributed by atoms with Gasteiger partial charge in [-0.05, 0) is 55.5 Å². The van der Waals surface area contributed by atoms with Gasteiger partial charge in [0.1, 0.15) is 19.1 Å². The minimum atomic E-state index is -0.191. The molecule has 4 fully saturated rings. The third-order valence-corrected chi connectivity index (χ3v) is 8.62. The number of benzene rings is 1. The van der Waals surface area contributed by atoms with Gasteiger partial charge >= 0.3 is 0 Å². The number of rotatable bonds is 2. The summed E-state index contributed by atoms with van der Waals surface area (Å²) in [7, 11) is 0. The number of nitrogens with zero attached hydrogens (tertiary/aromatic N) is 3. The summed E-state index contributed by atoms with van der Waals surface area (Å²) >= 11 is 0. The summed E-state index contributed by atoms with van der Waals surface area (Å²) in [5.41, 5.74) is 3.81. The quantitative estimate of drug-likeness (QED) is 0.336. The molecular weight excluding hydrogens is 472 g/mol. The SMILES string of the molecule is O=C1COC2CCC3NC2N1CC/C=C/CN1C(=O)C2CNC(Nc4ccc5c(c4)CCNC5)NC2N31. The van der Waals surface area contributed by atoms with E-state index in [4.69, 9.17) is 4.74 Å². The van der Waals surface area contributed by atoms with Crippen LogP contribution < -0.4 is 26.6 Å². The van der Waals surface area contributed by atoms with Crippen LogP contribution in [0.5, 0.6) is 0 Å². The Balaban J connectivity index is 1.13. The van der Waals surface area contributed by atoms with Crippen molar-refractivity contribution in [2.75, 3.05) is 38.1 Å². The molecular formula is C26H36N8O3. The Kier molecular flexibility index (Phi) is 6.14. The minimum Gasteiger partial charge on any atom is -0.365 e. The number of carbonyl (C=O) groups excluding carboxylic acids is 2. The number of anilines is 1. The lowest BCUT2D eigenvalue weighted by atomic mass is 9.99.